The molecule has 3 heteroatoms. The van der Waals surface area contributed by atoms with Gasteiger partial charge < -0.3 is 15.0 Å². The Morgan fingerprint density at radius 2 is 2.12 bits per heavy atom. The van der Waals surface area contributed by atoms with E-state index in [4.69, 9.17) is 4.74 Å². The molecule has 2 fully saturated rings. The number of ether oxygens (including phenoxy) is 1. The summed E-state index contributed by atoms with van der Waals surface area (Å²) >= 11 is 0. The van der Waals surface area contributed by atoms with Crippen LogP contribution in [0.3, 0.4) is 0 Å². The molecule has 0 amide bonds. The molecule has 0 radical (unpaired) electrons. The maximum atomic E-state index is 5.75. The zero-order chi connectivity index (χ0) is 12.1. The lowest BCUT2D eigenvalue weighted by Gasteiger charge is -2.37. The Balaban J connectivity index is 1.70. The molecule has 0 spiro atoms. The van der Waals surface area contributed by atoms with E-state index in [0.717, 1.165) is 31.7 Å². The van der Waals surface area contributed by atoms with Gasteiger partial charge in [-0.25, -0.2) is 0 Å². The van der Waals surface area contributed by atoms with Gasteiger partial charge in [0.1, 0.15) is 0 Å². The Labute approximate surface area is 106 Å². The van der Waals surface area contributed by atoms with Gasteiger partial charge in [-0.2, -0.15) is 0 Å². The fourth-order valence-electron chi connectivity index (χ4n) is 3.27. The van der Waals surface area contributed by atoms with Gasteiger partial charge in [-0.1, -0.05) is 19.8 Å². The van der Waals surface area contributed by atoms with E-state index in [0.29, 0.717) is 6.10 Å². The highest BCUT2D eigenvalue weighted by Gasteiger charge is 2.25. The molecule has 1 N–H and O–H groups in total. The molecule has 1 aliphatic heterocycles. The Hall–Kier alpha value is -0.120. The first-order chi connectivity index (χ1) is 8.27. The largest absolute Gasteiger partial charge is 0.376 e. The van der Waals surface area contributed by atoms with Gasteiger partial charge in [0.2, 0.25) is 0 Å². The third-order valence-corrected chi connectivity index (χ3v) is 4.44. The molecular formula is C14H28N2O. The van der Waals surface area contributed by atoms with E-state index < -0.39 is 0 Å². The first-order valence-corrected chi connectivity index (χ1v) is 7.30. The maximum Gasteiger partial charge on any atom is 0.0712 e. The molecule has 1 heterocycles. The fourth-order valence-corrected chi connectivity index (χ4v) is 3.27. The molecule has 1 saturated carbocycles. The summed E-state index contributed by atoms with van der Waals surface area (Å²) in [4.78, 5) is 2.57. The standard InChI is InChI=1S/C14H28N2O/c1-12-5-3-4-6-14(12)16(2)9-7-13-11-15-8-10-17-13/h12-15H,3-11H2,1-2H3. The molecule has 3 unspecified atom stereocenters. The van der Waals surface area contributed by atoms with Crippen molar-refractivity contribution in [3.8, 4) is 0 Å². The van der Waals surface area contributed by atoms with Crippen molar-refractivity contribution < 1.29 is 4.74 Å². The number of hydrogen-bond acceptors (Lipinski definition) is 3. The van der Waals surface area contributed by atoms with E-state index in [-0.39, 0.29) is 0 Å². The minimum absolute atomic E-state index is 0.435. The van der Waals surface area contributed by atoms with Crippen LogP contribution in [0.4, 0.5) is 0 Å². The highest BCUT2D eigenvalue weighted by molar-refractivity contribution is 4.80. The van der Waals surface area contributed by atoms with Gasteiger partial charge in [0.15, 0.2) is 0 Å². The van der Waals surface area contributed by atoms with Crippen LogP contribution in [0.5, 0.6) is 0 Å². The minimum atomic E-state index is 0.435. The zero-order valence-corrected chi connectivity index (χ0v) is 11.5. The summed E-state index contributed by atoms with van der Waals surface area (Å²) in [6.45, 7) is 6.54. The zero-order valence-electron chi connectivity index (χ0n) is 11.5. The fraction of sp³-hybridized carbons (Fsp3) is 1.00. The van der Waals surface area contributed by atoms with Gasteiger partial charge >= 0.3 is 0 Å². The third kappa shape index (κ3) is 3.94. The van der Waals surface area contributed by atoms with E-state index in [1.807, 2.05) is 0 Å². The van der Waals surface area contributed by atoms with E-state index in [9.17, 15) is 0 Å². The van der Waals surface area contributed by atoms with Gasteiger partial charge in [-0.05, 0) is 32.2 Å². The summed E-state index contributed by atoms with van der Waals surface area (Å²) in [6.07, 6.45) is 7.26. The number of nitrogens with one attached hydrogen (secondary N) is 1. The maximum absolute atomic E-state index is 5.75. The van der Waals surface area contributed by atoms with Crippen LogP contribution in [-0.2, 0) is 4.74 Å². The van der Waals surface area contributed by atoms with Crippen molar-refractivity contribution in [2.75, 3.05) is 33.3 Å². The molecule has 2 aliphatic rings. The number of nitrogens with zero attached hydrogens (tertiary/aromatic N) is 1. The van der Waals surface area contributed by atoms with Crippen molar-refractivity contribution in [2.45, 2.75) is 51.2 Å². The monoisotopic (exact) mass is 240 g/mol. The molecule has 0 aromatic rings. The second kappa shape index (κ2) is 6.72. The molecular weight excluding hydrogens is 212 g/mol. The Morgan fingerprint density at radius 1 is 1.29 bits per heavy atom. The van der Waals surface area contributed by atoms with Crippen LogP contribution in [0.1, 0.15) is 39.0 Å². The Morgan fingerprint density at radius 3 is 2.82 bits per heavy atom. The van der Waals surface area contributed by atoms with Crippen LogP contribution in [-0.4, -0.2) is 50.3 Å². The van der Waals surface area contributed by atoms with Crippen LogP contribution in [0.25, 0.3) is 0 Å². The topological polar surface area (TPSA) is 24.5 Å². The van der Waals surface area contributed by atoms with Crippen molar-refractivity contribution in [1.82, 2.24) is 10.2 Å². The number of hydrogen-bond donors (Lipinski definition) is 1. The minimum Gasteiger partial charge on any atom is -0.376 e. The SMILES string of the molecule is CC1CCCCC1N(C)CCC1CNCCO1. The molecule has 2 rings (SSSR count). The second-order valence-corrected chi connectivity index (χ2v) is 5.80. The van der Waals surface area contributed by atoms with E-state index >= 15 is 0 Å². The lowest BCUT2D eigenvalue weighted by Crippen LogP contribution is -2.43. The summed E-state index contributed by atoms with van der Waals surface area (Å²) in [5, 5.41) is 3.40. The van der Waals surface area contributed by atoms with Crippen molar-refractivity contribution in [1.29, 1.82) is 0 Å². The molecule has 3 nitrogen and oxygen atoms in total. The van der Waals surface area contributed by atoms with Crippen LogP contribution < -0.4 is 5.32 Å². The molecule has 17 heavy (non-hydrogen) atoms. The summed E-state index contributed by atoms with van der Waals surface area (Å²) in [7, 11) is 2.29. The van der Waals surface area contributed by atoms with Gasteiger partial charge in [0, 0.05) is 25.7 Å². The number of rotatable bonds is 4. The molecule has 0 bridgehead atoms. The summed E-state index contributed by atoms with van der Waals surface area (Å²) in [5.41, 5.74) is 0. The van der Waals surface area contributed by atoms with Crippen molar-refractivity contribution >= 4 is 0 Å². The molecule has 0 aromatic heterocycles. The lowest BCUT2D eigenvalue weighted by atomic mass is 9.85. The van der Waals surface area contributed by atoms with E-state index in [1.54, 1.807) is 0 Å². The lowest BCUT2D eigenvalue weighted by molar-refractivity contribution is 0.0131. The Kier molecular flexibility index (Phi) is 5.26. The molecule has 3 atom stereocenters. The number of morpholine rings is 1. The smallest absolute Gasteiger partial charge is 0.0712 e. The predicted octanol–water partition coefficient (Wildman–Crippen LogP) is 1.88. The van der Waals surface area contributed by atoms with Gasteiger partial charge in [0.05, 0.1) is 12.7 Å². The summed E-state index contributed by atoms with van der Waals surface area (Å²) in [6, 6.07) is 0.806. The molecule has 1 saturated heterocycles. The predicted molar refractivity (Wildman–Crippen MR) is 71.3 cm³/mol. The summed E-state index contributed by atoms with van der Waals surface area (Å²) in [5.74, 6) is 0.874. The van der Waals surface area contributed by atoms with Crippen molar-refractivity contribution in [3.05, 3.63) is 0 Å². The van der Waals surface area contributed by atoms with E-state index in [2.05, 4.69) is 24.2 Å². The van der Waals surface area contributed by atoms with Crippen LogP contribution >= 0.6 is 0 Å². The average Bonchev–Trinajstić information content (AvgIpc) is 2.38. The molecule has 100 valence electrons. The third-order valence-electron chi connectivity index (χ3n) is 4.44. The Bertz CT molecular complexity index is 216. The molecule has 0 aromatic carbocycles. The van der Waals surface area contributed by atoms with Crippen LogP contribution in [0, 0.1) is 5.92 Å². The molecule has 1 aliphatic carbocycles. The first kappa shape index (κ1) is 13.3. The van der Waals surface area contributed by atoms with Gasteiger partial charge in [-0.3, -0.25) is 0 Å². The highest BCUT2D eigenvalue weighted by Crippen LogP contribution is 2.27. The summed E-state index contributed by atoms with van der Waals surface area (Å²) < 4.78 is 5.75. The van der Waals surface area contributed by atoms with Crippen molar-refractivity contribution in [3.63, 3.8) is 0 Å². The quantitative estimate of drug-likeness (QED) is 0.812. The average molecular weight is 240 g/mol. The van der Waals surface area contributed by atoms with Crippen molar-refractivity contribution in [2.24, 2.45) is 5.92 Å². The second-order valence-electron chi connectivity index (χ2n) is 5.80. The highest BCUT2D eigenvalue weighted by atomic mass is 16.5. The van der Waals surface area contributed by atoms with Crippen LogP contribution in [0.2, 0.25) is 0 Å². The normalized spacial score (nSPS) is 35.1. The first-order valence-electron chi connectivity index (χ1n) is 7.30. The van der Waals surface area contributed by atoms with Crippen LogP contribution in [0.15, 0.2) is 0 Å². The van der Waals surface area contributed by atoms with Gasteiger partial charge in [-0.15, -0.1) is 0 Å². The van der Waals surface area contributed by atoms with Gasteiger partial charge in [0.25, 0.3) is 0 Å². The van der Waals surface area contributed by atoms with E-state index in [1.165, 1.54) is 38.6 Å².